The van der Waals surface area contributed by atoms with Crippen LogP contribution in [0.4, 0.5) is 0 Å². The van der Waals surface area contributed by atoms with Crippen molar-refractivity contribution in [3.8, 4) is 0 Å². The smallest absolute Gasteiger partial charge is 0.238 e. The Kier molecular flexibility index (Phi) is 13.1. The Morgan fingerprint density at radius 3 is 1.44 bits per heavy atom. The van der Waals surface area contributed by atoms with Crippen LogP contribution in [0.5, 0.6) is 0 Å². The zero-order valence-electron chi connectivity index (χ0n) is 23.6. The van der Waals surface area contributed by atoms with E-state index >= 15 is 0 Å². The predicted molar refractivity (Wildman–Crippen MR) is 160 cm³/mol. The van der Waals surface area contributed by atoms with Crippen LogP contribution in [-0.4, -0.2) is 53.9 Å². The molecule has 8 heteroatoms. The molecule has 0 aliphatic rings. The highest BCUT2D eigenvalue weighted by atomic mass is 32.1. The Hall–Kier alpha value is -1.94. The van der Waals surface area contributed by atoms with Gasteiger partial charge in [0.2, 0.25) is 21.0 Å². The average Bonchev–Trinajstić information content (AvgIpc) is 3.49. The molecule has 0 saturated heterocycles. The number of aromatic nitrogens is 2. The quantitative estimate of drug-likeness (QED) is 0.0999. The van der Waals surface area contributed by atoms with E-state index in [-0.39, 0.29) is 0 Å². The van der Waals surface area contributed by atoms with Crippen LogP contribution in [0.15, 0.2) is 48.5 Å². The maximum Gasteiger partial charge on any atom is 0.238 e. The van der Waals surface area contributed by atoms with E-state index in [0.717, 1.165) is 39.1 Å². The molecule has 0 aliphatic carbocycles. The lowest BCUT2D eigenvalue weighted by Gasteiger charge is -2.04. The minimum Gasteiger partial charge on any atom is -0.382 e. The van der Waals surface area contributed by atoms with Crippen LogP contribution >= 0.6 is 22.7 Å². The van der Waals surface area contributed by atoms with Crippen LogP contribution in [-0.2, 0) is 44.9 Å². The molecule has 2 aromatic heterocycles. The second-order valence-electron chi connectivity index (χ2n) is 9.71. The molecule has 0 aliphatic heterocycles. The van der Waals surface area contributed by atoms with Crippen LogP contribution in [0.25, 0.3) is 20.4 Å². The number of hydrogen-bond donors (Lipinski definition) is 0. The standard InChI is InChI=1S/C31H44N2O4S2/c1-34-22-24-36-20-18-32-26-12-8-10-14-28(26)38-30(32)16-6-4-3-5-7-17-31-33(19-21-37-25-23-35-2)27-13-9-11-15-29(27)39-31/h8-15H,3-7,16-25H2,1-2H3/q+2. The third-order valence-corrected chi connectivity index (χ3v) is 9.38. The number of fused-ring (bicyclic) bond motifs is 2. The molecule has 2 heterocycles. The lowest BCUT2D eigenvalue weighted by molar-refractivity contribution is -0.676. The van der Waals surface area contributed by atoms with Gasteiger partial charge in [-0.1, -0.05) is 66.2 Å². The van der Waals surface area contributed by atoms with Crippen molar-refractivity contribution in [1.29, 1.82) is 0 Å². The fourth-order valence-corrected chi connectivity index (χ4v) is 7.37. The monoisotopic (exact) mass is 572 g/mol. The molecule has 4 aromatic rings. The van der Waals surface area contributed by atoms with Gasteiger partial charge in [0.15, 0.2) is 13.1 Å². The largest absolute Gasteiger partial charge is 0.382 e. The second-order valence-corrected chi connectivity index (χ2v) is 11.9. The van der Waals surface area contributed by atoms with E-state index in [4.69, 9.17) is 18.9 Å². The molecule has 0 spiro atoms. The van der Waals surface area contributed by atoms with Crippen LogP contribution in [0.3, 0.4) is 0 Å². The number of ether oxygens (including phenoxy) is 4. The van der Waals surface area contributed by atoms with Crippen LogP contribution in [0, 0.1) is 0 Å². The molecule has 0 unspecified atom stereocenters. The number of nitrogens with zero attached hydrogens (tertiary/aromatic N) is 2. The van der Waals surface area contributed by atoms with Crippen molar-refractivity contribution in [3.63, 3.8) is 0 Å². The van der Waals surface area contributed by atoms with E-state index in [2.05, 4.69) is 57.7 Å². The molecule has 2 aromatic carbocycles. The highest BCUT2D eigenvalue weighted by Crippen LogP contribution is 2.23. The van der Waals surface area contributed by atoms with Gasteiger partial charge in [-0.25, -0.2) is 0 Å². The summed E-state index contributed by atoms with van der Waals surface area (Å²) in [6.07, 6.45) is 8.58. The fourth-order valence-electron chi connectivity index (χ4n) is 4.91. The SMILES string of the molecule is COCCOCC[n+]1c(CCCCCCCc2sc3ccccc3[n+]2CCOCCOC)sc2ccccc21. The van der Waals surface area contributed by atoms with Crippen molar-refractivity contribution in [2.24, 2.45) is 0 Å². The summed E-state index contributed by atoms with van der Waals surface area (Å²) in [5.74, 6) is 0. The minimum atomic E-state index is 0.647. The Morgan fingerprint density at radius 1 is 0.538 bits per heavy atom. The first-order chi connectivity index (χ1) is 19.3. The highest BCUT2D eigenvalue weighted by Gasteiger charge is 2.21. The van der Waals surface area contributed by atoms with E-state index in [0.29, 0.717) is 26.4 Å². The fraction of sp³-hybridized carbons (Fsp3) is 0.548. The zero-order valence-corrected chi connectivity index (χ0v) is 25.2. The average molecular weight is 573 g/mol. The topological polar surface area (TPSA) is 44.7 Å². The number of aryl methyl sites for hydroxylation is 2. The molecule has 0 N–H and O–H groups in total. The molecule has 0 bridgehead atoms. The summed E-state index contributed by atoms with van der Waals surface area (Å²) in [6.45, 7) is 5.83. The van der Waals surface area contributed by atoms with Crippen molar-refractivity contribution >= 4 is 43.1 Å². The van der Waals surface area contributed by atoms with Gasteiger partial charge in [-0.05, 0) is 25.0 Å². The van der Waals surface area contributed by atoms with E-state index < -0.39 is 0 Å². The van der Waals surface area contributed by atoms with Gasteiger partial charge in [0.1, 0.15) is 22.6 Å². The number of rotatable bonds is 20. The first kappa shape index (κ1) is 30.0. The maximum atomic E-state index is 5.77. The summed E-state index contributed by atoms with van der Waals surface area (Å²) in [7, 11) is 3.43. The number of unbranched alkanes of at least 4 members (excludes halogenated alkanes) is 4. The van der Waals surface area contributed by atoms with Crippen molar-refractivity contribution in [1.82, 2.24) is 0 Å². The third kappa shape index (κ3) is 9.03. The van der Waals surface area contributed by atoms with E-state index in [1.54, 1.807) is 14.2 Å². The van der Waals surface area contributed by atoms with Crippen molar-refractivity contribution in [2.75, 3.05) is 53.9 Å². The Labute approximate surface area is 241 Å². The molecular weight excluding hydrogens is 528 g/mol. The second kappa shape index (κ2) is 17.0. The molecule has 4 rings (SSSR count). The Bertz CT molecular complexity index is 1160. The van der Waals surface area contributed by atoms with Crippen molar-refractivity contribution in [2.45, 2.75) is 58.0 Å². The van der Waals surface area contributed by atoms with Gasteiger partial charge in [0, 0.05) is 39.2 Å². The van der Waals surface area contributed by atoms with E-state index in [1.807, 2.05) is 22.7 Å². The van der Waals surface area contributed by atoms with Gasteiger partial charge in [0.05, 0.1) is 26.4 Å². The van der Waals surface area contributed by atoms with E-state index in [9.17, 15) is 0 Å². The van der Waals surface area contributed by atoms with Gasteiger partial charge in [-0.3, -0.25) is 0 Å². The number of benzene rings is 2. The van der Waals surface area contributed by atoms with Crippen LogP contribution in [0.1, 0.15) is 42.1 Å². The van der Waals surface area contributed by atoms with Gasteiger partial charge < -0.3 is 18.9 Å². The molecule has 39 heavy (non-hydrogen) atoms. The van der Waals surface area contributed by atoms with Crippen LogP contribution < -0.4 is 9.13 Å². The summed E-state index contributed by atoms with van der Waals surface area (Å²) in [5.41, 5.74) is 2.65. The molecular formula is C31H44N2O4S2+2. The molecule has 0 fully saturated rings. The Balaban J connectivity index is 1.22. The first-order valence-corrected chi connectivity index (χ1v) is 15.9. The Morgan fingerprint density at radius 2 is 0.974 bits per heavy atom. The first-order valence-electron chi connectivity index (χ1n) is 14.3. The number of para-hydroxylation sites is 2. The molecule has 0 amide bonds. The van der Waals surface area contributed by atoms with Crippen molar-refractivity contribution < 1.29 is 28.1 Å². The number of methoxy groups -OCH3 is 2. The van der Waals surface area contributed by atoms with Gasteiger partial charge in [-0.2, -0.15) is 9.13 Å². The van der Waals surface area contributed by atoms with E-state index in [1.165, 1.54) is 62.6 Å². The van der Waals surface area contributed by atoms with Crippen LogP contribution in [0.2, 0.25) is 0 Å². The lowest BCUT2D eigenvalue weighted by atomic mass is 10.1. The summed E-state index contributed by atoms with van der Waals surface area (Å²) in [4.78, 5) is 0. The normalized spacial score (nSPS) is 11.7. The summed E-state index contributed by atoms with van der Waals surface area (Å²) >= 11 is 3.87. The number of hydrogen-bond acceptors (Lipinski definition) is 6. The van der Waals surface area contributed by atoms with Crippen molar-refractivity contribution in [3.05, 3.63) is 58.5 Å². The number of thiazole rings is 2. The highest BCUT2D eigenvalue weighted by molar-refractivity contribution is 7.18. The summed E-state index contributed by atoms with van der Waals surface area (Å²) < 4.78 is 29.4. The molecule has 0 radical (unpaired) electrons. The van der Waals surface area contributed by atoms with Gasteiger partial charge >= 0.3 is 0 Å². The predicted octanol–water partition coefficient (Wildman–Crippen LogP) is 5.75. The minimum absolute atomic E-state index is 0.647. The maximum absolute atomic E-state index is 5.77. The third-order valence-electron chi connectivity index (χ3n) is 6.93. The molecule has 0 saturated carbocycles. The van der Waals surface area contributed by atoms with Gasteiger partial charge in [0.25, 0.3) is 0 Å². The van der Waals surface area contributed by atoms with Gasteiger partial charge in [-0.15, -0.1) is 0 Å². The summed E-state index contributed by atoms with van der Waals surface area (Å²) in [5, 5.41) is 2.93. The summed E-state index contributed by atoms with van der Waals surface area (Å²) in [6, 6.07) is 17.5. The zero-order chi connectivity index (χ0) is 27.1. The molecule has 0 atom stereocenters. The lowest BCUT2D eigenvalue weighted by Crippen LogP contribution is -2.38. The molecule has 212 valence electrons. The molecule has 6 nitrogen and oxygen atoms in total.